The topological polar surface area (TPSA) is 82.3 Å². The zero-order valence-electron chi connectivity index (χ0n) is 8.77. The molecule has 1 atom stereocenters. The highest BCUT2D eigenvalue weighted by Crippen LogP contribution is 2.22. The lowest BCUT2D eigenvalue weighted by Gasteiger charge is -2.08. The summed E-state index contributed by atoms with van der Waals surface area (Å²) in [4.78, 5) is 0.454. The molecule has 1 unspecified atom stereocenters. The molecule has 0 aliphatic heterocycles. The molecule has 0 aliphatic rings. The Bertz CT molecular complexity index is 429. The summed E-state index contributed by atoms with van der Waals surface area (Å²) in [6.45, 7) is 0.139. The van der Waals surface area contributed by atoms with E-state index in [0.29, 0.717) is 16.2 Å². The van der Waals surface area contributed by atoms with Gasteiger partial charge in [0.1, 0.15) is 16.7 Å². The van der Waals surface area contributed by atoms with Crippen molar-refractivity contribution in [1.29, 1.82) is 5.26 Å². The second-order valence-electron chi connectivity index (χ2n) is 2.86. The minimum atomic E-state index is -1.45. The summed E-state index contributed by atoms with van der Waals surface area (Å²) in [6.07, 6.45) is 0. The molecule has 16 heavy (non-hydrogen) atoms. The normalized spacial score (nSPS) is 11.8. The summed E-state index contributed by atoms with van der Waals surface area (Å²) < 4.78 is 19.4. The molecule has 0 saturated heterocycles. The van der Waals surface area contributed by atoms with Crippen molar-refractivity contribution in [3.63, 3.8) is 0 Å². The van der Waals surface area contributed by atoms with Gasteiger partial charge in [-0.25, -0.2) is 8.93 Å². The molecule has 86 valence electrons. The number of methoxy groups -OCH3 is 1. The molecule has 1 aromatic rings. The summed E-state index contributed by atoms with van der Waals surface area (Å²) in [7, 11) is -0.00174. The van der Waals surface area contributed by atoms with E-state index in [1.165, 1.54) is 13.2 Å². The van der Waals surface area contributed by atoms with Crippen LogP contribution >= 0.6 is 0 Å². The second-order valence-corrected chi connectivity index (χ2v) is 4.13. The van der Waals surface area contributed by atoms with Crippen LogP contribution in [-0.2, 0) is 11.0 Å². The van der Waals surface area contributed by atoms with Gasteiger partial charge in [-0.1, -0.05) is 0 Å². The van der Waals surface area contributed by atoms with Crippen molar-refractivity contribution in [3.05, 3.63) is 23.8 Å². The zero-order chi connectivity index (χ0) is 12.0. The number of aliphatic hydroxyl groups excluding tert-OH is 1. The molecule has 5 nitrogen and oxygen atoms in total. The molecule has 0 aromatic heterocycles. The number of nitrogens with one attached hydrogen (secondary N) is 1. The largest absolute Gasteiger partial charge is 0.495 e. The maximum Gasteiger partial charge on any atom is 0.137 e. The molecular formula is C10H12N2O3S. The summed E-state index contributed by atoms with van der Waals surface area (Å²) in [5, 5.41) is 17.3. The molecule has 0 heterocycles. The number of hydrogen-bond donors (Lipinski definition) is 2. The van der Waals surface area contributed by atoms with E-state index in [2.05, 4.69) is 4.72 Å². The fraction of sp³-hybridized carbons (Fsp3) is 0.300. The fourth-order valence-electron chi connectivity index (χ4n) is 1.11. The van der Waals surface area contributed by atoms with Crippen molar-refractivity contribution in [2.75, 3.05) is 20.3 Å². The molecule has 6 heteroatoms. The van der Waals surface area contributed by atoms with Crippen LogP contribution in [0.25, 0.3) is 0 Å². The van der Waals surface area contributed by atoms with Crippen LogP contribution in [0.5, 0.6) is 5.75 Å². The number of hydrogen-bond acceptors (Lipinski definition) is 4. The van der Waals surface area contributed by atoms with E-state index in [9.17, 15) is 4.21 Å². The van der Waals surface area contributed by atoms with Crippen LogP contribution in [0.4, 0.5) is 0 Å². The van der Waals surface area contributed by atoms with Crippen LogP contribution in [-0.4, -0.2) is 29.6 Å². The van der Waals surface area contributed by atoms with Crippen LogP contribution < -0.4 is 9.46 Å². The fourth-order valence-corrected chi connectivity index (χ4v) is 2.06. The molecule has 0 saturated carbocycles. The smallest absolute Gasteiger partial charge is 0.137 e. The molecule has 0 fully saturated rings. The van der Waals surface area contributed by atoms with Gasteiger partial charge in [-0.3, -0.25) is 0 Å². The summed E-state index contributed by atoms with van der Waals surface area (Å²) in [5.74, 6) is 0.392. The van der Waals surface area contributed by atoms with Crippen molar-refractivity contribution in [1.82, 2.24) is 4.72 Å². The van der Waals surface area contributed by atoms with Crippen molar-refractivity contribution in [2.24, 2.45) is 0 Å². The number of nitriles is 1. The molecule has 0 aliphatic carbocycles. The van der Waals surface area contributed by atoms with Gasteiger partial charge >= 0.3 is 0 Å². The zero-order valence-corrected chi connectivity index (χ0v) is 9.58. The molecular weight excluding hydrogens is 228 g/mol. The van der Waals surface area contributed by atoms with Crippen LogP contribution in [0.1, 0.15) is 5.56 Å². The molecule has 1 aromatic carbocycles. The molecule has 0 spiro atoms. The number of ether oxygens (including phenoxy) is 1. The Morgan fingerprint density at radius 2 is 2.38 bits per heavy atom. The number of rotatable bonds is 5. The Hall–Kier alpha value is -1.42. The van der Waals surface area contributed by atoms with Gasteiger partial charge in [-0.2, -0.15) is 5.26 Å². The molecule has 0 radical (unpaired) electrons. The van der Waals surface area contributed by atoms with E-state index in [1.54, 1.807) is 12.1 Å². The number of benzene rings is 1. The van der Waals surface area contributed by atoms with E-state index in [-0.39, 0.29) is 13.2 Å². The first-order valence-electron chi connectivity index (χ1n) is 4.57. The Kier molecular flexibility index (Phi) is 4.92. The second kappa shape index (κ2) is 6.23. The average Bonchev–Trinajstić information content (AvgIpc) is 2.34. The first-order chi connectivity index (χ1) is 7.72. The maximum atomic E-state index is 11.7. The lowest BCUT2D eigenvalue weighted by Crippen LogP contribution is -2.21. The Morgan fingerprint density at radius 1 is 1.62 bits per heavy atom. The highest BCUT2D eigenvalue weighted by atomic mass is 32.2. The van der Waals surface area contributed by atoms with Crippen molar-refractivity contribution >= 4 is 11.0 Å². The Balaban J connectivity index is 2.96. The summed E-state index contributed by atoms with van der Waals surface area (Å²) >= 11 is 0. The van der Waals surface area contributed by atoms with Crippen LogP contribution in [0.2, 0.25) is 0 Å². The van der Waals surface area contributed by atoms with Gasteiger partial charge in [0, 0.05) is 6.54 Å². The standard InChI is InChI=1S/C10H12N2O3S/c1-15-9-6-8(7-11)2-3-10(9)16(14)12-4-5-13/h2-3,6,12-13H,4-5H2,1H3. The molecule has 1 rings (SSSR count). The van der Waals surface area contributed by atoms with Crippen LogP contribution in [0.3, 0.4) is 0 Å². The van der Waals surface area contributed by atoms with E-state index in [0.717, 1.165) is 0 Å². The van der Waals surface area contributed by atoms with Crippen molar-refractivity contribution in [2.45, 2.75) is 4.90 Å². The summed E-state index contributed by atoms with van der Waals surface area (Å²) in [6, 6.07) is 6.63. The van der Waals surface area contributed by atoms with Gasteiger partial charge in [-0.15, -0.1) is 0 Å². The molecule has 0 bridgehead atoms. The third kappa shape index (κ3) is 3.03. The lowest BCUT2D eigenvalue weighted by atomic mass is 10.2. The van der Waals surface area contributed by atoms with Gasteiger partial charge in [-0.05, 0) is 18.2 Å². The van der Waals surface area contributed by atoms with Gasteiger partial charge in [0.05, 0.1) is 30.2 Å². The van der Waals surface area contributed by atoms with Gasteiger partial charge in [0.15, 0.2) is 0 Å². The van der Waals surface area contributed by atoms with E-state index in [4.69, 9.17) is 15.1 Å². The van der Waals surface area contributed by atoms with Gasteiger partial charge in [0.25, 0.3) is 0 Å². The van der Waals surface area contributed by atoms with Gasteiger partial charge in [0.2, 0.25) is 0 Å². The first-order valence-corrected chi connectivity index (χ1v) is 5.72. The predicted molar refractivity (Wildman–Crippen MR) is 59.2 cm³/mol. The molecule has 2 N–H and O–H groups in total. The SMILES string of the molecule is COc1cc(C#N)ccc1S(=O)NCCO. The quantitative estimate of drug-likeness (QED) is 0.768. The highest BCUT2D eigenvalue weighted by Gasteiger charge is 2.10. The van der Waals surface area contributed by atoms with Crippen molar-refractivity contribution in [3.8, 4) is 11.8 Å². The van der Waals surface area contributed by atoms with Crippen LogP contribution in [0, 0.1) is 11.3 Å². The summed E-state index contributed by atoms with van der Waals surface area (Å²) in [5.41, 5.74) is 0.444. The van der Waals surface area contributed by atoms with E-state index in [1.807, 2.05) is 6.07 Å². The highest BCUT2D eigenvalue weighted by molar-refractivity contribution is 7.83. The average molecular weight is 240 g/mol. The Labute approximate surface area is 96.3 Å². The molecule has 0 amide bonds. The minimum absolute atomic E-state index is 0.0929. The maximum absolute atomic E-state index is 11.7. The lowest BCUT2D eigenvalue weighted by molar-refractivity contribution is 0.302. The third-order valence-electron chi connectivity index (χ3n) is 1.84. The van der Waals surface area contributed by atoms with Crippen molar-refractivity contribution < 1.29 is 14.1 Å². The minimum Gasteiger partial charge on any atom is -0.495 e. The monoisotopic (exact) mass is 240 g/mol. The van der Waals surface area contributed by atoms with E-state index >= 15 is 0 Å². The predicted octanol–water partition coefficient (Wildman–Crippen LogP) is 0.171. The van der Waals surface area contributed by atoms with E-state index < -0.39 is 11.0 Å². The number of nitrogens with zero attached hydrogens (tertiary/aromatic N) is 1. The third-order valence-corrected chi connectivity index (χ3v) is 3.04. The van der Waals surface area contributed by atoms with Gasteiger partial charge < -0.3 is 9.84 Å². The van der Waals surface area contributed by atoms with Crippen LogP contribution in [0.15, 0.2) is 23.1 Å². The Morgan fingerprint density at radius 3 is 2.94 bits per heavy atom. The first kappa shape index (κ1) is 12.6. The number of aliphatic hydroxyl groups is 1.